The van der Waals surface area contributed by atoms with Crippen LogP contribution in [0.25, 0.3) is 0 Å². The SMILES string of the molecule is CNC(=O)Nc1ccc(C2(C(=O)Nc3ccc(Cl)c(C)c3)CCC2)cc1. The Bertz CT molecular complexity index is 829. The first kappa shape index (κ1) is 18.3. The van der Waals surface area contributed by atoms with E-state index in [0.29, 0.717) is 10.7 Å². The summed E-state index contributed by atoms with van der Waals surface area (Å²) in [5.74, 6) is -0.00233. The van der Waals surface area contributed by atoms with Crippen LogP contribution in [0.4, 0.5) is 16.2 Å². The monoisotopic (exact) mass is 371 g/mol. The average Bonchev–Trinajstić information content (AvgIpc) is 2.58. The number of anilines is 2. The van der Waals surface area contributed by atoms with Crippen molar-refractivity contribution in [3.63, 3.8) is 0 Å². The maximum absolute atomic E-state index is 13.0. The summed E-state index contributed by atoms with van der Waals surface area (Å²) in [6.07, 6.45) is 2.65. The van der Waals surface area contributed by atoms with Gasteiger partial charge in [-0.25, -0.2) is 4.79 Å². The number of hydrogen-bond acceptors (Lipinski definition) is 2. The molecule has 0 aliphatic heterocycles. The van der Waals surface area contributed by atoms with Gasteiger partial charge in [0.05, 0.1) is 5.41 Å². The first-order valence-electron chi connectivity index (χ1n) is 8.61. The molecule has 1 saturated carbocycles. The van der Waals surface area contributed by atoms with E-state index in [1.54, 1.807) is 13.1 Å². The smallest absolute Gasteiger partial charge is 0.318 e. The van der Waals surface area contributed by atoms with Crippen molar-refractivity contribution in [2.24, 2.45) is 0 Å². The third-order valence-corrected chi connectivity index (χ3v) is 5.40. The van der Waals surface area contributed by atoms with Crippen molar-refractivity contribution in [3.05, 3.63) is 58.6 Å². The van der Waals surface area contributed by atoms with E-state index in [4.69, 9.17) is 11.6 Å². The Morgan fingerprint density at radius 2 is 1.65 bits per heavy atom. The highest BCUT2D eigenvalue weighted by Crippen LogP contribution is 2.45. The summed E-state index contributed by atoms with van der Waals surface area (Å²) in [5.41, 5.74) is 2.82. The van der Waals surface area contributed by atoms with E-state index in [2.05, 4.69) is 16.0 Å². The number of hydrogen-bond donors (Lipinski definition) is 3. The zero-order valence-corrected chi connectivity index (χ0v) is 15.6. The Morgan fingerprint density at radius 3 is 2.19 bits per heavy atom. The Hall–Kier alpha value is -2.53. The van der Waals surface area contributed by atoms with Crippen molar-refractivity contribution in [1.82, 2.24) is 5.32 Å². The van der Waals surface area contributed by atoms with E-state index in [-0.39, 0.29) is 11.9 Å². The molecule has 0 aromatic heterocycles. The van der Waals surface area contributed by atoms with Gasteiger partial charge in [-0.15, -0.1) is 0 Å². The fourth-order valence-electron chi connectivity index (χ4n) is 3.22. The number of carbonyl (C=O) groups excluding carboxylic acids is 2. The lowest BCUT2D eigenvalue weighted by atomic mass is 9.63. The molecule has 2 aromatic carbocycles. The van der Waals surface area contributed by atoms with E-state index < -0.39 is 5.41 Å². The zero-order valence-electron chi connectivity index (χ0n) is 14.9. The van der Waals surface area contributed by atoms with Gasteiger partial charge in [-0.1, -0.05) is 30.2 Å². The summed E-state index contributed by atoms with van der Waals surface area (Å²) in [5, 5.41) is 8.95. The topological polar surface area (TPSA) is 70.2 Å². The van der Waals surface area contributed by atoms with E-state index in [0.717, 1.165) is 36.1 Å². The first-order valence-corrected chi connectivity index (χ1v) is 8.99. The lowest BCUT2D eigenvalue weighted by molar-refractivity contribution is -0.124. The molecule has 0 atom stereocenters. The number of aryl methyl sites for hydroxylation is 1. The van der Waals surface area contributed by atoms with E-state index >= 15 is 0 Å². The van der Waals surface area contributed by atoms with Crippen molar-refractivity contribution in [2.75, 3.05) is 17.7 Å². The molecule has 0 heterocycles. The maximum Gasteiger partial charge on any atom is 0.318 e. The summed E-state index contributed by atoms with van der Waals surface area (Å²) in [7, 11) is 1.57. The van der Waals surface area contributed by atoms with Gasteiger partial charge < -0.3 is 16.0 Å². The van der Waals surface area contributed by atoms with Gasteiger partial charge in [-0.05, 0) is 61.2 Å². The van der Waals surface area contributed by atoms with Crippen LogP contribution in [0.5, 0.6) is 0 Å². The summed E-state index contributed by atoms with van der Waals surface area (Å²) in [6, 6.07) is 12.7. The highest BCUT2D eigenvalue weighted by Gasteiger charge is 2.45. The van der Waals surface area contributed by atoms with Crippen molar-refractivity contribution in [1.29, 1.82) is 0 Å². The molecular formula is C20H22ClN3O2. The third-order valence-electron chi connectivity index (χ3n) is 4.98. The van der Waals surface area contributed by atoms with E-state index in [1.165, 1.54) is 0 Å². The number of carbonyl (C=O) groups is 2. The summed E-state index contributed by atoms with van der Waals surface area (Å²) in [6.45, 7) is 1.91. The highest BCUT2D eigenvalue weighted by atomic mass is 35.5. The molecule has 0 bridgehead atoms. The summed E-state index contributed by atoms with van der Waals surface area (Å²) >= 11 is 6.06. The van der Waals surface area contributed by atoms with Crippen LogP contribution in [0.3, 0.4) is 0 Å². The summed E-state index contributed by atoms with van der Waals surface area (Å²) in [4.78, 5) is 24.4. The summed E-state index contributed by atoms with van der Waals surface area (Å²) < 4.78 is 0. The molecule has 0 spiro atoms. The highest BCUT2D eigenvalue weighted by molar-refractivity contribution is 6.31. The minimum absolute atomic E-state index is 0.00233. The molecule has 26 heavy (non-hydrogen) atoms. The number of rotatable bonds is 4. The van der Waals surface area contributed by atoms with Crippen LogP contribution < -0.4 is 16.0 Å². The first-order chi connectivity index (χ1) is 12.4. The van der Waals surface area contributed by atoms with Crippen molar-refractivity contribution < 1.29 is 9.59 Å². The van der Waals surface area contributed by atoms with Crippen LogP contribution in [-0.2, 0) is 10.2 Å². The van der Waals surface area contributed by atoms with Gasteiger partial charge in [0.15, 0.2) is 0 Å². The van der Waals surface area contributed by atoms with Gasteiger partial charge >= 0.3 is 6.03 Å². The van der Waals surface area contributed by atoms with Crippen molar-refractivity contribution in [2.45, 2.75) is 31.6 Å². The second-order valence-corrected chi connectivity index (χ2v) is 7.04. The Morgan fingerprint density at radius 1 is 1.00 bits per heavy atom. The molecule has 0 radical (unpaired) electrons. The van der Waals surface area contributed by atoms with Crippen molar-refractivity contribution in [3.8, 4) is 0 Å². The minimum atomic E-state index is -0.515. The van der Waals surface area contributed by atoms with E-state index in [9.17, 15) is 9.59 Å². The van der Waals surface area contributed by atoms with Crippen LogP contribution in [0.1, 0.15) is 30.4 Å². The van der Waals surface area contributed by atoms with Gasteiger partial charge in [-0.2, -0.15) is 0 Å². The number of nitrogens with one attached hydrogen (secondary N) is 3. The third kappa shape index (κ3) is 3.53. The second-order valence-electron chi connectivity index (χ2n) is 6.64. The number of urea groups is 1. The largest absolute Gasteiger partial charge is 0.341 e. The molecule has 1 aliphatic carbocycles. The average molecular weight is 372 g/mol. The lowest BCUT2D eigenvalue weighted by Gasteiger charge is -2.40. The van der Waals surface area contributed by atoms with Crippen LogP contribution in [-0.4, -0.2) is 19.0 Å². The van der Waals surface area contributed by atoms with E-state index in [1.807, 2.05) is 43.3 Å². The molecule has 3 N–H and O–H groups in total. The molecule has 1 fully saturated rings. The quantitative estimate of drug-likeness (QED) is 0.742. The predicted octanol–water partition coefficient (Wildman–Crippen LogP) is 4.46. The number of benzene rings is 2. The number of amides is 3. The zero-order chi connectivity index (χ0) is 18.7. The molecule has 136 valence electrons. The normalized spacial score (nSPS) is 14.9. The van der Waals surface area contributed by atoms with Gasteiger partial charge in [0.25, 0.3) is 0 Å². The fraction of sp³-hybridized carbons (Fsp3) is 0.300. The van der Waals surface area contributed by atoms with Crippen LogP contribution >= 0.6 is 11.6 Å². The molecule has 2 aromatic rings. The van der Waals surface area contributed by atoms with Gasteiger partial charge in [0, 0.05) is 23.4 Å². The van der Waals surface area contributed by atoms with Crippen molar-refractivity contribution >= 4 is 34.9 Å². The van der Waals surface area contributed by atoms with Gasteiger partial charge in [0.2, 0.25) is 5.91 Å². The number of halogens is 1. The molecule has 0 saturated heterocycles. The van der Waals surface area contributed by atoms with Crippen LogP contribution in [0.15, 0.2) is 42.5 Å². The molecule has 1 aliphatic rings. The molecule has 3 rings (SSSR count). The molecular weight excluding hydrogens is 350 g/mol. The van der Waals surface area contributed by atoms with Gasteiger partial charge in [-0.3, -0.25) is 4.79 Å². The Labute approximate surface area is 158 Å². The molecule has 5 nitrogen and oxygen atoms in total. The molecule has 3 amide bonds. The molecule has 0 unspecified atom stereocenters. The predicted molar refractivity (Wildman–Crippen MR) is 105 cm³/mol. The lowest BCUT2D eigenvalue weighted by Crippen LogP contribution is -2.46. The van der Waals surface area contributed by atoms with Crippen LogP contribution in [0, 0.1) is 6.92 Å². The molecule has 6 heteroatoms. The Kier molecular flexibility index (Phi) is 5.18. The second kappa shape index (κ2) is 7.38. The Balaban J connectivity index is 1.78. The maximum atomic E-state index is 13.0. The van der Waals surface area contributed by atoms with Crippen LogP contribution in [0.2, 0.25) is 5.02 Å². The van der Waals surface area contributed by atoms with Gasteiger partial charge in [0.1, 0.15) is 0 Å². The minimum Gasteiger partial charge on any atom is -0.341 e. The fourth-order valence-corrected chi connectivity index (χ4v) is 3.33. The standard InChI is InChI=1S/C20H22ClN3O2/c1-13-12-16(8-9-17(13)21)23-18(25)20(10-3-11-20)14-4-6-15(7-5-14)24-19(26)22-2/h4-9,12H,3,10-11H2,1-2H3,(H,23,25)(H2,22,24,26).